The molecule has 0 aromatic carbocycles. The normalized spacial score (nSPS) is 11.9. The van der Waals surface area contributed by atoms with Crippen LogP contribution in [0.25, 0.3) is 0 Å². The molecule has 0 aliphatic rings. The zero-order chi connectivity index (χ0) is 26.0. The Bertz CT molecular complexity index is 489. The molecule has 0 amide bonds. The molecule has 0 bridgehead atoms. The van der Waals surface area contributed by atoms with Gasteiger partial charge in [-0.25, -0.2) is 8.42 Å². The van der Waals surface area contributed by atoms with Gasteiger partial charge in [0.2, 0.25) is 10.4 Å². The maximum atomic E-state index is 10.1. The van der Waals surface area contributed by atoms with Crippen LogP contribution in [0.3, 0.4) is 0 Å². The van der Waals surface area contributed by atoms with Gasteiger partial charge in [0.25, 0.3) is 0 Å². The predicted octanol–water partition coefficient (Wildman–Crippen LogP) is 8.39. The van der Waals surface area contributed by atoms with Gasteiger partial charge >= 0.3 is 0 Å². The molecule has 0 fully saturated rings. The third-order valence-electron chi connectivity index (χ3n) is 6.16. The third-order valence-corrected chi connectivity index (χ3v) is 6.61. The smallest absolute Gasteiger partial charge is 0.217 e. The van der Waals surface area contributed by atoms with Crippen molar-refractivity contribution in [1.82, 2.24) is 0 Å². The van der Waals surface area contributed by atoms with E-state index in [1.54, 1.807) is 0 Å². The van der Waals surface area contributed by atoms with Crippen molar-refractivity contribution in [3.05, 3.63) is 0 Å². The standard InChI is InChI=1S/C16H36N.C12H26O4S/c1-5-6-7-8-9-10-11-12-13-14-15-16-17(2,3)4;1-2-3-4-5-6-7-8-9-10-11-12-16-17(13,14)15/h5-16H2,1-4H3;2-12H2,1H3,(H,13,14,15)/q+1;/p-1. The van der Waals surface area contributed by atoms with Crippen LogP contribution in [0.15, 0.2) is 0 Å². The van der Waals surface area contributed by atoms with Gasteiger partial charge < -0.3 is 9.04 Å². The lowest BCUT2D eigenvalue weighted by Crippen LogP contribution is -2.35. The summed E-state index contributed by atoms with van der Waals surface area (Å²) in [5.74, 6) is 0. The number of hydrogen-bond donors (Lipinski definition) is 0. The molecule has 0 rings (SSSR count). The molecule has 0 atom stereocenters. The first-order valence-corrected chi connectivity index (χ1v) is 15.9. The Labute approximate surface area is 215 Å². The summed E-state index contributed by atoms with van der Waals surface area (Å²) in [5.41, 5.74) is 0. The minimum atomic E-state index is -4.48. The van der Waals surface area contributed by atoms with Gasteiger partial charge in [0.1, 0.15) is 0 Å². The molecule has 0 radical (unpaired) electrons. The second kappa shape index (κ2) is 25.9. The van der Waals surface area contributed by atoms with E-state index in [1.165, 1.54) is 122 Å². The fourth-order valence-corrected chi connectivity index (χ4v) is 4.32. The highest BCUT2D eigenvalue weighted by Gasteiger charge is 2.04. The molecule has 0 aliphatic carbocycles. The summed E-state index contributed by atoms with van der Waals surface area (Å²) in [7, 11) is 2.38. The Balaban J connectivity index is 0. The van der Waals surface area contributed by atoms with Crippen LogP contribution in [0.4, 0.5) is 0 Å². The maximum Gasteiger partial charge on any atom is 0.217 e. The second-order valence-electron chi connectivity index (χ2n) is 11.0. The molecule has 0 unspecified atom stereocenters. The molecule has 0 heterocycles. The van der Waals surface area contributed by atoms with E-state index in [2.05, 4.69) is 39.2 Å². The number of rotatable bonds is 24. The molecule has 0 aliphatic heterocycles. The zero-order valence-corrected chi connectivity index (χ0v) is 24.6. The molecule has 0 saturated carbocycles. The Hall–Kier alpha value is -0.170. The zero-order valence-electron chi connectivity index (χ0n) is 23.8. The van der Waals surface area contributed by atoms with Crippen molar-refractivity contribution >= 4 is 10.4 Å². The fourth-order valence-electron chi connectivity index (χ4n) is 4.00. The lowest BCUT2D eigenvalue weighted by Gasteiger charge is -2.23. The van der Waals surface area contributed by atoms with E-state index in [4.69, 9.17) is 0 Å². The SMILES string of the molecule is CCCCCCCCCCCCC[N+](C)(C)C.CCCCCCCCCCCCOS(=O)(=O)[O-]. The van der Waals surface area contributed by atoms with E-state index >= 15 is 0 Å². The van der Waals surface area contributed by atoms with Gasteiger partial charge in [-0.3, -0.25) is 4.18 Å². The Morgan fingerprint density at radius 2 is 0.824 bits per heavy atom. The first-order valence-electron chi connectivity index (χ1n) is 14.5. The van der Waals surface area contributed by atoms with Gasteiger partial charge in [-0.05, 0) is 19.3 Å². The van der Waals surface area contributed by atoms with E-state index in [9.17, 15) is 13.0 Å². The van der Waals surface area contributed by atoms with Crippen molar-refractivity contribution in [2.75, 3.05) is 34.3 Å². The van der Waals surface area contributed by atoms with Crippen molar-refractivity contribution in [1.29, 1.82) is 0 Å². The minimum Gasteiger partial charge on any atom is -0.726 e. The summed E-state index contributed by atoms with van der Waals surface area (Å²) < 4.78 is 35.6. The van der Waals surface area contributed by atoms with Crippen LogP contribution in [0, 0.1) is 0 Å². The van der Waals surface area contributed by atoms with E-state index in [0.29, 0.717) is 6.42 Å². The topological polar surface area (TPSA) is 66.4 Å². The van der Waals surface area contributed by atoms with E-state index < -0.39 is 10.4 Å². The van der Waals surface area contributed by atoms with E-state index in [-0.39, 0.29) is 6.61 Å². The molecule has 208 valence electrons. The van der Waals surface area contributed by atoms with Gasteiger partial charge in [0, 0.05) is 0 Å². The summed E-state index contributed by atoms with van der Waals surface area (Å²) in [6, 6.07) is 0. The van der Waals surface area contributed by atoms with Gasteiger partial charge in [-0.1, -0.05) is 129 Å². The number of quaternary nitrogens is 1. The van der Waals surface area contributed by atoms with Crippen molar-refractivity contribution in [3.8, 4) is 0 Å². The fraction of sp³-hybridized carbons (Fsp3) is 1.00. The number of nitrogens with zero attached hydrogens (tertiary/aromatic N) is 1. The second-order valence-corrected chi connectivity index (χ2v) is 12.0. The van der Waals surface area contributed by atoms with Crippen molar-refractivity contribution < 1.29 is 21.6 Å². The van der Waals surface area contributed by atoms with Crippen LogP contribution < -0.4 is 0 Å². The predicted molar refractivity (Wildman–Crippen MR) is 147 cm³/mol. The highest BCUT2D eigenvalue weighted by atomic mass is 32.3. The van der Waals surface area contributed by atoms with Gasteiger partial charge in [-0.15, -0.1) is 0 Å². The summed E-state index contributed by atoms with van der Waals surface area (Å²) >= 11 is 0. The summed E-state index contributed by atoms with van der Waals surface area (Å²) in [6.45, 7) is 5.86. The summed E-state index contributed by atoms with van der Waals surface area (Å²) in [4.78, 5) is 0. The van der Waals surface area contributed by atoms with Gasteiger partial charge in [0.05, 0.1) is 34.3 Å². The average molecular weight is 508 g/mol. The van der Waals surface area contributed by atoms with Gasteiger partial charge in [-0.2, -0.15) is 0 Å². The first-order chi connectivity index (χ1) is 16.1. The molecule has 0 saturated heterocycles. The Kier molecular flexibility index (Phi) is 27.4. The van der Waals surface area contributed by atoms with Crippen LogP contribution in [0.5, 0.6) is 0 Å². The molecule has 6 heteroatoms. The van der Waals surface area contributed by atoms with Crippen molar-refractivity contribution in [2.24, 2.45) is 0 Å². The molecule has 34 heavy (non-hydrogen) atoms. The van der Waals surface area contributed by atoms with Crippen LogP contribution in [-0.2, 0) is 14.6 Å². The lowest BCUT2D eigenvalue weighted by molar-refractivity contribution is -0.870. The summed E-state index contributed by atoms with van der Waals surface area (Å²) in [5, 5.41) is 0. The molecule has 5 nitrogen and oxygen atoms in total. The maximum absolute atomic E-state index is 10.1. The number of hydrogen-bond acceptors (Lipinski definition) is 4. The lowest BCUT2D eigenvalue weighted by atomic mass is 10.1. The Morgan fingerprint density at radius 3 is 1.12 bits per heavy atom. The Morgan fingerprint density at radius 1 is 0.529 bits per heavy atom. The molecular formula is C28H61NO4S. The van der Waals surface area contributed by atoms with Crippen molar-refractivity contribution in [3.63, 3.8) is 0 Å². The number of unbranched alkanes of at least 4 members (excludes halogenated alkanes) is 19. The van der Waals surface area contributed by atoms with Crippen LogP contribution >= 0.6 is 0 Å². The molecule has 0 aromatic rings. The molecular weight excluding hydrogens is 446 g/mol. The third kappa shape index (κ3) is 39.1. The average Bonchev–Trinajstić information content (AvgIpc) is 2.75. The first kappa shape index (κ1) is 36.0. The largest absolute Gasteiger partial charge is 0.726 e. The van der Waals surface area contributed by atoms with Crippen LogP contribution in [-0.4, -0.2) is 51.7 Å². The van der Waals surface area contributed by atoms with E-state index in [1.807, 2.05) is 0 Å². The summed E-state index contributed by atoms with van der Waals surface area (Å²) in [6.07, 6.45) is 27.6. The van der Waals surface area contributed by atoms with Gasteiger partial charge in [0.15, 0.2) is 0 Å². The molecule has 0 aromatic heterocycles. The monoisotopic (exact) mass is 507 g/mol. The van der Waals surface area contributed by atoms with Crippen molar-refractivity contribution in [2.45, 2.75) is 149 Å². The van der Waals surface area contributed by atoms with E-state index in [0.717, 1.165) is 17.3 Å². The molecule has 0 N–H and O–H groups in total. The minimum absolute atomic E-state index is 0.0301. The molecule has 0 spiro atoms. The van der Waals surface area contributed by atoms with Crippen LogP contribution in [0.2, 0.25) is 0 Å². The van der Waals surface area contributed by atoms with Crippen LogP contribution in [0.1, 0.15) is 149 Å². The highest BCUT2D eigenvalue weighted by molar-refractivity contribution is 7.80. The highest BCUT2D eigenvalue weighted by Crippen LogP contribution is 2.12. The quantitative estimate of drug-likeness (QED) is 0.0569.